The van der Waals surface area contributed by atoms with E-state index in [4.69, 9.17) is 0 Å². The van der Waals surface area contributed by atoms with E-state index >= 15 is 0 Å². The number of nitrogens with one attached hydrogen (secondary N) is 2. The molecule has 1 aliphatic rings. The number of hydrogen-bond donors (Lipinski definition) is 2. The quantitative estimate of drug-likeness (QED) is 0.667. The highest BCUT2D eigenvalue weighted by molar-refractivity contribution is 5.75. The number of rotatable bonds is 4. The van der Waals surface area contributed by atoms with Crippen molar-refractivity contribution in [3.05, 3.63) is 12.4 Å². The highest BCUT2D eigenvalue weighted by Gasteiger charge is 2.15. The Balaban J connectivity index is 1.68. The number of carbonyl (C=O) groups is 1. The molecule has 0 aliphatic carbocycles. The van der Waals surface area contributed by atoms with Gasteiger partial charge in [-0.05, 0) is 25.4 Å². The number of hydrogen-bond acceptors (Lipinski definition) is 4. The lowest BCUT2D eigenvalue weighted by atomic mass is 10.1. The summed E-state index contributed by atoms with van der Waals surface area (Å²) in [5, 5.41) is 13.5. The molecule has 15 heavy (non-hydrogen) atoms. The lowest BCUT2D eigenvalue weighted by Gasteiger charge is -2.09. The van der Waals surface area contributed by atoms with E-state index < -0.39 is 0 Å². The number of carbonyl (C=O) groups excluding carboxylic acids is 1. The smallest absolute Gasteiger partial charge is 0.241 e. The first-order valence-electron chi connectivity index (χ1n) is 5.16. The van der Waals surface area contributed by atoms with E-state index in [0.29, 0.717) is 5.92 Å². The standard InChI is InChI=1S/C9H15N5O/c15-9(7-14-4-3-12-13-14)11-6-8-1-2-10-5-8/h3-4,8,10H,1-2,5-7H2,(H,11,15). The van der Waals surface area contributed by atoms with Gasteiger partial charge in [-0.25, -0.2) is 4.68 Å². The van der Waals surface area contributed by atoms with Gasteiger partial charge in [0.05, 0.1) is 6.20 Å². The summed E-state index contributed by atoms with van der Waals surface area (Å²) in [5.41, 5.74) is 0. The second kappa shape index (κ2) is 4.88. The van der Waals surface area contributed by atoms with Gasteiger partial charge in [0, 0.05) is 12.7 Å². The molecule has 1 aliphatic heterocycles. The molecule has 0 radical (unpaired) electrons. The molecule has 2 N–H and O–H groups in total. The van der Waals surface area contributed by atoms with Crippen LogP contribution < -0.4 is 10.6 Å². The van der Waals surface area contributed by atoms with Crippen LogP contribution in [-0.2, 0) is 11.3 Å². The van der Waals surface area contributed by atoms with Gasteiger partial charge in [-0.15, -0.1) is 5.10 Å². The van der Waals surface area contributed by atoms with Crippen LogP contribution in [0.4, 0.5) is 0 Å². The van der Waals surface area contributed by atoms with Crippen molar-refractivity contribution in [3.8, 4) is 0 Å². The van der Waals surface area contributed by atoms with Crippen LogP contribution in [0.15, 0.2) is 12.4 Å². The minimum Gasteiger partial charge on any atom is -0.354 e. The molecule has 0 aromatic carbocycles. The monoisotopic (exact) mass is 209 g/mol. The van der Waals surface area contributed by atoms with Crippen molar-refractivity contribution < 1.29 is 4.79 Å². The summed E-state index contributed by atoms with van der Waals surface area (Å²) in [5.74, 6) is 0.567. The third-order valence-electron chi connectivity index (χ3n) is 2.53. The third-order valence-corrected chi connectivity index (χ3v) is 2.53. The highest BCUT2D eigenvalue weighted by atomic mass is 16.2. The zero-order chi connectivity index (χ0) is 10.5. The van der Waals surface area contributed by atoms with Gasteiger partial charge in [0.1, 0.15) is 6.54 Å². The van der Waals surface area contributed by atoms with Gasteiger partial charge in [0.15, 0.2) is 0 Å². The Morgan fingerprint density at radius 3 is 3.27 bits per heavy atom. The van der Waals surface area contributed by atoms with Crippen LogP contribution in [0.2, 0.25) is 0 Å². The van der Waals surface area contributed by atoms with Gasteiger partial charge in [-0.3, -0.25) is 4.79 Å². The predicted octanol–water partition coefficient (Wildman–Crippen LogP) is -0.996. The fraction of sp³-hybridized carbons (Fsp3) is 0.667. The van der Waals surface area contributed by atoms with Crippen molar-refractivity contribution in [1.29, 1.82) is 0 Å². The minimum atomic E-state index is -0.00704. The maximum atomic E-state index is 11.4. The number of aromatic nitrogens is 3. The van der Waals surface area contributed by atoms with E-state index in [0.717, 1.165) is 26.1 Å². The first-order chi connectivity index (χ1) is 7.34. The Kier molecular flexibility index (Phi) is 3.29. The van der Waals surface area contributed by atoms with Crippen LogP contribution in [0, 0.1) is 5.92 Å². The van der Waals surface area contributed by atoms with E-state index in [2.05, 4.69) is 20.9 Å². The van der Waals surface area contributed by atoms with Crippen LogP contribution in [0.1, 0.15) is 6.42 Å². The van der Waals surface area contributed by atoms with E-state index in [1.807, 2.05) is 0 Å². The maximum absolute atomic E-state index is 11.4. The number of nitrogens with zero attached hydrogens (tertiary/aromatic N) is 3. The molecule has 1 atom stereocenters. The van der Waals surface area contributed by atoms with Crippen LogP contribution in [-0.4, -0.2) is 40.5 Å². The van der Waals surface area contributed by atoms with Crippen molar-refractivity contribution in [3.63, 3.8) is 0 Å². The molecule has 0 saturated carbocycles. The molecule has 6 nitrogen and oxygen atoms in total. The van der Waals surface area contributed by atoms with Crippen molar-refractivity contribution in [2.24, 2.45) is 5.92 Å². The molecule has 0 spiro atoms. The van der Waals surface area contributed by atoms with Gasteiger partial charge in [-0.1, -0.05) is 5.21 Å². The molecule has 1 amide bonds. The van der Waals surface area contributed by atoms with Crippen molar-refractivity contribution in [2.45, 2.75) is 13.0 Å². The van der Waals surface area contributed by atoms with Gasteiger partial charge in [0.25, 0.3) is 0 Å². The molecule has 82 valence electrons. The summed E-state index contributed by atoms with van der Waals surface area (Å²) < 4.78 is 1.52. The molecule has 6 heteroatoms. The summed E-state index contributed by atoms with van der Waals surface area (Å²) in [6.45, 7) is 3.06. The third kappa shape index (κ3) is 3.02. The van der Waals surface area contributed by atoms with Gasteiger partial charge < -0.3 is 10.6 Å². The predicted molar refractivity (Wildman–Crippen MR) is 54.0 cm³/mol. The van der Waals surface area contributed by atoms with Gasteiger partial charge >= 0.3 is 0 Å². The highest BCUT2D eigenvalue weighted by Crippen LogP contribution is 2.04. The molecular formula is C9H15N5O. The summed E-state index contributed by atoms with van der Waals surface area (Å²) in [4.78, 5) is 11.4. The van der Waals surface area contributed by atoms with Crippen LogP contribution in [0.3, 0.4) is 0 Å². The molecule has 1 aromatic heterocycles. The van der Waals surface area contributed by atoms with Crippen LogP contribution in [0.25, 0.3) is 0 Å². The van der Waals surface area contributed by atoms with E-state index in [1.54, 1.807) is 12.4 Å². The Bertz CT molecular complexity index is 304. The Morgan fingerprint density at radius 2 is 2.60 bits per heavy atom. The second-order valence-electron chi connectivity index (χ2n) is 3.76. The minimum absolute atomic E-state index is 0.00704. The van der Waals surface area contributed by atoms with E-state index in [1.165, 1.54) is 4.68 Å². The zero-order valence-electron chi connectivity index (χ0n) is 8.52. The van der Waals surface area contributed by atoms with Crippen molar-refractivity contribution >= 4 is 5.91 Å². The SMILES string of the molecule is O=C(Cn1ccnn1)NCC1CCNC1. The Hall–Kier alpha value is -1.43. The molecule has 2 rings (SSSR count). The van der Waals surface area contributed by atoms with Gasteiger partial charge in [-0.2, -0.15) is 0 Å². The Labute approximate surface area is 88.0 Å². The topological polar surface area (TPSA) is 71.8 Å². The summed E-state index contributed by atoms with van der Waals surface area (Å²) in [6.07, 6.45) is 4.38. The lowest BCUT2D eigenvalue weighted by molar-refractivity contribution is -0.122. The summed E-state index contributed by atoms with van der Waals surface area (Å²) in [7, 11) is 0. The second-order valence-corrected chi connectivity index (χ2v) is 3.76. The van der Waals surface area contributed by atoms with E-state index in [-0.39, 0.29) is 12.5 Å². The maximum Gasteiger partial charge on any atom is 0.241 e. The molecule has 0 bridgehead atoms. The van der Waals surface area contributed by atoms with Crippen LogP contribution >= 0.6 is 0 Å². The summed E-state index contributed by atoms with van der Waals surface area (Å²) in [6, 6.07) is 0. The molecule has 1 saturated heterocycles. The number of amides is 1. The first-order valence-corrected chi connectivity index (χ1v) is 5.16. The van der Waals surface area contributed by atoms with Crippen LogP contribution in [0.5, 0.6) is 0 Å². The first kappa shape index (κ1) is 10.1. The summed E-state index contributed by atoms with van der Waals surface area (Å²) >= 11 is 0. The average molecular weight is 209 g/mol. The largest absolute Gasteiger partial charge is 0.354 e. The normalized spacial score (nSPS) is 20.4. The Morgan fingerprint density at radius 1 is 1.67 bits per heavy atom. The van der Waals surface area contributed by atoms with Crippen molar-refractivity contribution in [2.75, 3.05) is 19.6 Å². The molecule has 1 aromatic rings. The molecule has 2 heterocycles. The average Bonchev–Trinajstić information content (AvgIpc) is 2.86. The fourth-order valence-corrected chi connectivity index (χ4v) is 1.67. The fourth-order valence-electron chi connectivity index (χ4n) is 1.67. The molecule has 1 fully saturated rings. The zero-order valence-corrected chi connectivity index (χ0v) is 8.52. The lowest BCUT2D eigenvalue weighted by Crippen LogP contribution is -2.32. The van der Waals surface area contributed by atoms with Crippen molar-refractivity contribution in [1.82, 2.24) is 25.6 Å². The van der Waals surface area contributed by atoms with Gasteiger partial charge in [0.2, 0.25) is 5.91 Å². The molecule has 1 unspecified atom stereocenters. The van der Waals surface area contributed by atoms with E-state index in [9.17, 15) is 4.79 Å². The molecular weight excluding hydrogens is 194 g/mol.